The predicted octanol–water partition coefficient (Wildman–Crippen LogP) is 5.69. The van der Waals surface area contributed by atoms with Crippen molar-refractivity contribution in [3.8, 4) is 11.1 Å². The molecule has 1 saturated heterocycles. The molecule has 4 aromatic carbocycles. The Hall–Kier alpha value is -4.05. The summed E-state index contributed by atoms with van der Waals surface area (Å²) in [5.74, 6) is -0.445. The van der Waals surface area contributed by atoms with E-state index in [4.69, 9.17) is 4.74 Å². The van der Waals surface area contributed by atoms with Crippen LogP contribution < -0.4 is 10.2 Å². The van der Waals surface area contributed by atoms with Crippen molar-refractivity contribution in [1.29, 1.82) is 0 Å². The number of amides is 2. The zero-order chi connectivity index (χ0) is 29.3. The van der Waals surface area contributed by atoms with E-state index in [2.05, 4.69) is 5.32 Å². The van der Waals surface area contributed by atoms with Gasteiger partial charge in [-0.15, -0.1) is 0 Å². The third kappa shape index (κ3) is 5.08. The summed E-state index contributed by atoms with van der Waals surface area (Å²) in [7, 11) is -2.27. The molecule has 0 radical (unpaired) electrons. The fourth-order valence-corrected chi connectivity index (χ4v) is 7.66. The van der Waals surface area contributed by atoms with Crippen LogP contribution in [0, 0.1) is 0 Å². The van der Waals surface area contributed by atoms with Gasteiger partial charge < -0.3 is 15.0 Å². The highest BCUT2D eigenvalue weighted by atomic mass is 32.2. The molecule has 216 valence electrons. The number of nitrogens with one attached hydrogen (secondary N) is 1. The molecule has 0 saturated carbocycles. The number of sulfonamides is 1. The van der Waals surface area contributed by atoms with E-state index >= 15 is 0 Å². The molecule has 1 fully saturated rings. The fourth-order valence-electron chi connectivity index (χ4n) is 6.00. The van der Waals surface area contributed by atoms with E-state index in [1.165, 1.54) is 4.31 Å². The van der Waals surface area contributed by atoms with Gasteiger partial charge in [0.1, 0.15) is 6.04 Å². The summed E-state index contributed by atoms with van der Waals surface area (Å²) in [6.07, 6.45) is 2.58. The number of carbonyl (C=O) groups is 2. The first-order valence-corrected chi connectivity index (χ1v) is 15.7. The maximum absolute atomic E-state index is 13.8. The number of ether oxygens (including phenoxy) is 1. The highest BCUT2D eigenvalue weighted by molar-refractivity contribution is 7.89. The van der Waals surface area contributed by atoms with Crippen LogP contribution in [0.1, 0.15) is 36.0 Å². The van der Waals surface area contributed by atoms with Crippen molar-refractivity contribution in [2.24, 2.45) is 0 Å². The first-order valence-electron chi connectivity index (χ1n) is 14.2. The number of hydrogen-bond acceptors (Lipinski definition) is 5. The lowest BCUT2D eigenvalue weighted by Crippen LogP contribution is -2.49. The molecule has 1 unspecified atom stereocenters. The van der Waals surface area contributed by atoms with E-state index in [9.17, 15) is 18.0 Å². The molecule has 9 heteroatoms. The molecule has 6 rings (SSSR count). The standard InChI is InChI=1S/C33H33N3O5S/c1-41-22-8-20-35-29-19-18-28(26-11-7-12-27(31(26)29)33(35)38)34-32(37)30-13-5-6-21-36(30)42(39,40)25-16-14-24(15-17-25)23-9-3-2-4-10-23/h2-4,7,9-12,14-19,30H,5-6,8,13,20-22H2,1H3,(H,34,37). The molecular weight excluding hydrogens is 550 g/mol. The topological polar surface area (TPSA) is 96.0 Å². The summed E-state index contributed by atoms with van der Waals surface area (Å²) in [6.45, 7) is 1.36. The van der Waals surface area contributed by atoms with Gasteiger partial charge in [-0.3, -0.25) is 9.59 Å². The zero-order valence-corrected chi connectivity index (χ0v) is 24.3. The Morgan fingerprint density at radius 1 is 0.929 bits per heavy atom. The minimum Gasteiger partial charge on any atom is -0.385 e. The molecule has 8 nitrogen and oxygen atoms in total. The Morgan fingerprint density at radius 3 is 2.45 bits per heavy atom. The second kappa shape index (κ2) is 11.7. The third-order valence-electron chi connectivity index (χ3n) is 8.10. The van der Waals surface area contributed by atoms with Crippen molar-refractivity contribution >= 4 is 44.0 Å². The van der Waals surface area contributed by atoms with Crippen LogP contribution in [0.25, 0.3) is 21.9 Å². The summed E-state index contributed by atoms with van der Waals surface area (Å²) >= 11 is 0. The minimum absolute atomic E-state index is 0.0713. The van der Waals surface area contributed by atoms with Crippen LogP contribution in [0.15, 0.2) is 89.8 Å². The van der Waals surface area contributed by atoms with Crippen LogP contribution in [-0.2, 0) is 19.6 Å². The Kier molecular flexibility index (Phi) is 7.81. The van der Waals surface area contributed by atoms with Gasteiger partial charge in [0.05, 0.1) is 10.6 Å². The van der Waals surface area contributed by atoms with Crippen LogP contribution in [-0.4, -0.2) is 57.4 Å². The maximum Gasteiger partial charge on any atom is 0.258 e. The zero-order valence-electron chi connectivity index (χ0n) is 23.5. The summed E-state index contributed by atoms with van der Waals surface area (Å²) in [5, 5.41) is 4.56. The fraction of sp³-hybridized carbons (Fsp3) is 0.273. The Bertz CT molecular complexity index is 1740. The van der Waals surface area contributed by atoms with Gasteiger partial charge in [-0.25, -0.2) is 8.42 Å². The van der Waals surface area contributed by atoms with Crippen molar-refractivity contribution in [2.75, 3.05) is 37.0 Å². The molecule has 0 aliphatic carbocycles. The molecule has 1 atom stereocenters. The number of rotatable bonds is 9. The second-order valence-corrected chi connectivity index (χ2v) is 12.6. The first-order chi connectivity index (χ1) is 20.4. The van der Waals surface area contributed by atoms with Crippen molar-refractivity contribution < 1.29 is 22.7 Å². The van der Waals surface area contributed by atoms with Crippen LogP contribution >= 0.6 is 0 Å². The van der Waals surface area contributed by atoms with Gasteiger partial charge in [-0.2, -0.15) is 4.31 Å². The Morgan fingerprint density at radius 2 is 1.69 bits per heavy atom. The number of methoxy groups -OCH3 is 1. The number of benzene rings is 4. The highest BCUT2D eigenvalue weighted by Crippen LogP contribution is 2.41. The molecule has 2 amide bonds. The van der Waals surface area contributed by atoms with Gasteiger partial charge >= 0.3 is 0 Å². The molecule has 0 bridgehead atoms. The molecule has 1 N–H and O–H groups in total. The van der Waals surface area contributed by atoms with Gasteiger partial charge in [0.15, 0.2) is 0 Å². The van der Waals surface area contributed by atoms with Crippen LogP contribution in [0.5, 0.6) is 0 Å². The van der Waals surface area contributed by atoms with Gasteiger partial charge in [0.25, 0.3) is 5.91 Å². The lowest BCUT2D eigenvalue weighted by atomic mass is 10.0. The lowest BCUT2D eigenvalue weighted by molar-refractivity contribution is -0.120. The second-order valence-electron chi connectivity index (χ2n) is 10.7. The minimum atomic E-state index is -3.91. The molecule has 0 aromatic heterocycles. The summed E-state index contributed by atoms with van der Waals surface area (Å²) < 4.78 is 34.1. The maximum atomic E-state index is 13.8. The average molecular weight is 584 g/mol. The van der Waals surface area contributed by atoms with Gasteiger partial charge in [0, 0.05) is 48.8 Å². The largest absolute Gasteiger partial charge is 0.385 e. The van der Waals surface area contributed by atoms with E-state index < -0.39 is 16.1 Å². The summed E-state index contributed by atoms with van der Waals surface area (Å²) in [5.41, 5.74) is 3.88. The predicted molar refractivity (Wildman–Crippen MR) is 164 cm³/mol. The molecular formula is C33H33N3O5S. The smallest absolute Gasteiger partial charge is 0.258 e. The van der Waals surface area contributed by atoms with E-state index in [1.54, 1.807) is 48.4 Å². The molecule has 0 spiro atoms. The monoisotopic (exact) mass is 583 g/mol. The molecule has 2 heterocycles. The highest BCUT2D eigenvalue weighted by Gasteiger charge is 2.38. The van der Waals surface area contributed by atoms with Gasteiger partial charge in [0.2, 0.25) is 15.9 Å². The number of piperidine rings is 1. The Balaban J connectivity index is 1.26. The quantitative estimate of drug-likeness (QED) is 0.256. The van der Waals surface area contributed by atoms with E-state index in [-0.39, 0.29) is 23.3 Å². The SMILES string of the molecule is COCCCN1C(=O)c2cccc3c(NC(=O)C4CCCCN4S(=O)(=O)c4ccc(-c5ccccc5)cc4)ccc1c23. The van der Waals surface area contributed by atoms with Crippen molar-refractivity contribution in [1.82, 2.24) is 4.31 Å². The van der Waals surface area contributed by atoms with E-state index in [1.807, 2.05) is 48.5 Å². The summed E-state index contributed by atoms with van der Waals surface area (Å²) in [4.78, 5) is 28.8. The number of hydrogen-bond donors (Lipinski definition) is 1. The van der Waals surface area contributed by atoms with Crippen molar-refractivity contribution in [3.63, 3.8) is 0 Å². The third-order valence-corrected chi connectivity index (χ3v) is 10.0. The average Bonchev–Trinajstić information content (AvgIpc) is 3.30. The van der Waals surface area contributed by atoms with E-state index in [0.717, 1.165) is 34.0 Å². The van der Waals surface area contributed by atoms with E-state index in [0.29, 0.717) is 43.7 Å². The molecule has 4 aromatic rings. The lowest BCUT2D eigenvalue weighted by Gasteiger charge is -2.33. The van der Waals surface area contributed by atoms with Crippen LogP contribution in [0.4, 0.5) is 11.4 Å². The molecule has 2 aliphatic heterocycles. The molecule has 2 aliphatic rings. The Labute approximate surface area is 245 Å². The number of anilines is 2. The van der Waals surface area contributed by atoms with Gasteiger partial charge in [-0.05, 0) is 60.7 Å². The van der Waals surface area contributed by atoms with Crippen LogP contribution in [0.3, 0.4) is 0 Å². The number of nitrogens with zero attached hydrogens (tertiary/aromatic N) is 2. The molecule has 42 heavy (non-hydrogen) atoms. The van der Waals surface area contributed by atoms with Gasteiger partial charge in [-0.1, -0.05) is 61.0 Å². The van der Waals surface area contributed by atoms with Crippen molar-refractivity contribution in [3.05, 3.63) is 90.5 Å². The summed E-state index contributed by atoms with van der Waals surface area (Å²) in [6, 6.07) is 24.9. The van der Waals surface area contributed by atoms with Crippen LogP contribution in [0.2, 0.25) is 0 Å². The normalized spacial score (nSPS) is 17.1. The number of carbonyl (C=O) groups excluding carboxylic acids is 2. The first kappa shape index (κ1) is 28.1. The van der Waals surface area contributed by atoms with Crippen molar-refractivity contribution in [2.45, 2.75) is 36.6 Å².